The van der Waals surface area contributed by atoms with E-state index in [2.05, 4.69) is 26.0 Å². The van der Waals surface area contributed by atoms with Gasteiger partial charge in [0.1, 0.15) is 10.6 Å². The Morgan fingerprint density at radius 1 is 1.43 bits per heavy atom. The van der Waals surface area contributed by atoms with E-state index in [-0.39, 0.29) is 23.3 Å². The average Bonchev–Trinajstić information content (AvgIpc) is 2.42. The summed E-state index contributed by atoms with van der Waals surface area (Å²) in [5, 5.41) is 3.19. The molecule has 5 nitrogen and oxygen atoms in total. The molecule has 21 heavy (non-hydrogen) atoms. The molecular weight excluding hydrogens is 380 g/mol. The number of ether oxygens (including phenoxy) is 1. The highest BCUT2D eigenvalue weighted by Gasteiger charge is 2.25. The summed E-state index contributed by atoms with van der Waals surface area (Å²) in [6.07, 6.45) is 1.82. The van der Waals surface area contributed by atoms with Gasteiger partial charge in [-0.05, 0) is 44.0 Å². The standard InChI is InChI=1S/C13H19BrN2O3S.ClH/c1-9-6-12(19-2)13(7-11(9)14)20(17,18)16-10-4-3-5-15-8-10;/h6-7,10,15-16H,3-5,8H2,1-2H3;1H. The molecule has 1 aromatic rings. The lowest BCUT2D eigenvalue weighted by molar-refractivity contribution is 0.399. The third kappa shape index (κ3) is 4.56. The van der Waals surface area contributed by atoms with Gasteiger partial charge in [0.15, 0.2) is 0 Å². The maximum atomic E-state index is 12.5. The van der Waals surface area contributed by atoms with Crippen LogP contribution in [-0.2, 0) is 10.0 Å². The number of benzene rings is 1. The van der Waals surface area contributed by atoms with Crippen LogP contribution in [0.2, 0.25) is 0 Å². The minimum Gasteiger partial charge on any atom is -0.495 e. The Morgan fingerprint density at radius 2 is 2.14 bits per heavy atom. The van der Waals surface area contributed by atoms with E-state index in [0.29, 0.717) is 12.3 Å². The molecule has 1 heterocycles. The molecule has 0 aliphatic carbocycles. The minimum atomic E-state index is -3.59. The molecule has 0 amide bonds. The number of sulfonamides is 1. The van der Waals surface area contributed by atoms with Gasteiger partial charge in [-0.15, -0.1) is 12.4 Å². The number of aryl methyl sites for hydroxylation is 1. The Labute approximate surface area is 140 Å². The van der Waals surface area contributed by atoms with Gasteiger partial charge in [0.2, 0.25) is 10.0 Å². The SMILES string of the molecule is COc1cc(C)c(Br)cc1S(=O)(=O)NC1CCCNC1.Cl. The number of rotatable bonds is 4. The fourth-order valence-electron chi connectivity index (χ4n) is 2.24. The summed E-state index contributed by atoms with van der Waals surface area (Å²) in [6, 6.07) is 3.24. The van der Waals surface area contributed by atoms with E-state index in [1.165, 1.54) is 7.11 Å². The van der Waals surface area contributed by atoms with Crippen LogP contribution in [-0.4, -0.2) is 34.7 Å². The molecular formula is C13H20BrClN2O3S. The van der Waals surface area contributed by atoms with Crippen molar-refractivity contribution in [3.05, 3.63) is 22.2 Å². The highest BCUT2D eigenvalue weighted by molar-refractivity contribution is 9.10. The molecule has 0 bridgehead atoms. The van der Waals surface area contributed by atoms with Crippen LogP contribution in [0.5, 0.6) is 5.75 Å². The van der Waals surface area contributed by atoms with E-state index < -0.39 is 10.0 Å². The molecule has 0 saturated carbocycles. The first kappa shape index (κ1) is 18.7. The summed E-state index contributed by atoms with van der Waals surface area (Å²) in [7, 11) is -2.11. The van der Waals surface area contributed by atoms with Crippen molar-refractivity contribution in [3.8, 4) is 5.75 Å². The molecule has 8 heteroatoms. The van der Waals surface area contributed by atoms with Crippen molar-refractivity contribution in [2.24, 2.45) is 0 Å². The average molecular weight is 400 g/mol. The molecule has 2 N–H and O–H groups in total. The van der Waals surface area contributed by atoms with Gasteiger partial charge in [-0.2, -0.15) is 0 Å². The van der Waals surface area contributed by atoms with Gasteiger partial charge in [0.05, 0.1) is 7.11 Å². The van der Waals surface area contributed by atoms with Crippen molar-refractivity contribution in [3.63, 3.8) is 0 Å². The summed E-state index contributed by atoms with van der Waals surface area (Å²) < 4.78 is 33.7. The number of hydrogen-bond donors (Lipinski definition) is 2. The zero-order valence-corrected chi connectivity index (χ0v) is 15.2. The molecule has 1 aliphatic heterocycles. The van der Waals surface area contributed by atoms with Crippen LogP contribution in [0.1, 0.15) is 18.4 Å². The van der Waals surface area contributed by atoms with Crippen molar-refractivity contribution in [2.75, 3.05) is 20.2 Å². The van der Waals surface area contributed by atoms with Crippen LogP contribution < -0.4 is 14.8 Å². The maximum absolute atomic E-state index is 12.5. The Balaban J connectivity index is 0.00000220. The van der Waals surface area contributed by atoms with Crippen molar-refractivity contribution >= 4 is 38.4 Å². The lowest BCUT2D eigenvalue weighted by atomic mass is 10.1. The fraction of sp³-hybridized carbons (Fsp3) is 0.538. The summed E-state index contributed by atoms with van der Waals surface area (Å²) in [4.78, 5) is 0.169. The van der Waals surface area contributed by atoms with E-state index in [1.54, 1.807) is 12.1 Å². The van der Waals surface area contributed by atoms with Gasteiger partial charge in [-0.3, -0.25) is 0 Å². The molecule has 1 unspecified atom stereocenters. The third-order valence-corrected chi connectivity index (χ3v) is 5.75. The molecule has 1 aromatic carbocycles. The van der Waals surface area contributed by atoms with E-state index in [0.717, 1.165) is 29.4 Å². The van der Waals surface area contributed by atoms with Crippen LogP contribution in [0.3, 0.4) is 0 Å². The quantitative estimate of drug-likeness (QED) is 0.814. The molecule has 1 atom stereocenters. The number of hydrogen-bond acceptors (Lipinski definition) is 4. The monoisotopic (exact) mass is 398 g/mol. The molecule has 2 rings (SSSR count). The zero-order chi connectivity index (χ0) is 14.8. The van der Waals surface area contributed by atoms with Gasteiger partial charge in [0.25, 0.3) is 0 Å². The second kappa shape index (κ2) is 7.78. The summed E-state index contributed by atoms with van der Waals surface area (Å²) in [5.74, 6) is 0.363. The van der Waals surface area contributed by atoms with Crippen molar-refractivity contribution in [1.82, 2.24) is 10.0 Å². The Hall–Kier alpha value is -0.340. The van der Waals surface area contributed by atoms with Gasteiger partial charge >= 0.3 is 0 Å². The second-order valence-electron chi connectivity index (χ2n) is 4.92. The smallest absolute Gasteiger partial charge is 0.244 e. The number of halogens is 2. The molecule has 120 valence electrons. The number of piperidine rings is 1. The van der Waals surface area contributed by atoms with Crippen LogP contribution in [0.4, 0.5) is 0 Å². The molecule has 1 aliphatic rings. The van der Waals surface area contributed by atoms with Crippen molar-refractivity contribution in [2.45, 2.75) is 30.7 Å². The summed E-state index contributed by atoms with van der Waals surface area (Å²) in [5.41, 5.74) is 0.931. The molecule has 1 saturated heterocycles. The highest BCUT2D eigenvalue weighted by atomic mass is 79.9. The maximum Gasteiger partial charge on any atom is 0.244 e. The summed E-state index contributed by atoms with van der Waals surface area (Å²) in [6.45, 7) is 3.49. The van der Waals surface area contributed by atoms with Crippen LogP contribution >= 0.6 is 28.3 Å². The topological polar surface area (TPSA) is 67.4 Å². The molecule has 0 aromatic heterocycles. The minimum absolute atomic E-state index is 0. The first-order valence-electron chi connectivity index (χ1n) is 6.51. The van der Waals surface area contributed by atoms with Gasteiger partial charge in [-0.25, -0.2) is 13.1 Å². The normalized spacial score (nSPS) is 18.9. The Kier molecular flexibility index (Phi) is 6.93. The second-order valence-corrected chi connectivity index (χ2v) is 7.45. The van der Waals surface area contributed by atoms with Crippen LogP contribution in [0, 0.1) is 6.92 Å². The van der Waals surface area contributed by atoms with Crippen molar-refractivity contribution in [1.29, 1.82) is 0 Å². The largest absolute Gasteiger partial charge is 0.495 e. The summed E-state index contributed by atoms with van der Waals surface area (Å²) >= 11 is 3.37. The van der Waals surface area contributed by atoms with Crippen LogP contribution in [0.15, 0.2) is 21.5 Å². The van der Waals surface area contributed by atoms with E-state index in [4.69, 9.17) is 4.74 Å². The lowest BCUT2D eigenvalue weighted by Gasteiger charge is -2.24. The predicted octanol–water partition coefficient (Wildman–Crippen LogP) is 2.22. The highest BCUT2D eigenvalue weighted by Crippen LogP contribution is 2.30. The third-order valence-electron chi connectivity index (χ3n) is 3.35. The lowest BCUT2D eigenvalue weighted by Crippen LogP contribution is -2.45. The van der Waals surface area contributed by atoms with E-state index in [1.807, 2.05) is 6.92 Å². The first-order valence-corrected chi connectivity index (χ1v) is 8.79. The Morgan fingerprint density at radius 3 is 2.71 bits per heavy atom. The zero-order valence-electron chi connectivity index (χ0n) is 12.0. The first-order chi connectivity index (χ1) is 9.44. The van der Waals surface area contributed by atoms with Gasteiger partial charge in [0, 0.05) is 17.1 Å². The van der Waals surface area contributed by atoms with Crippen LogP contribution in [0.25, 0.3) is 0 Å². The number of nitrogens with one attached hydrogen (secondary N) is 2. The molecule has 0 radical (unpaired) electrons. The Bertz CT molecular complexity index is 589. The van der Waals surface area contributed by atoms with E-state index in [9.17, 15) is 8.42 Å². The van der Waals surface area contributed by atoms with E-state index >= 15 is 0 Å². The predicted molar refractivity (Wildman–Crippen MR) is 88.9 cm³/mol. The van der Waals surface area contributed by atoms with Gasteiger partial charge < -0.3 is 10.1 Å². The number of methoxy groups -OCH3 is 1. The van der Waals surface area contributed by atoms with Crippen molar-refractivity contribution < 1.29 is 13.2 Å². The fourth-order valence-corrected chi connectivity index (χ4v) is 4.18. The molecule has 0 spiro atoms. The molecule has 1 fully saturated rings. The van der Waals surface area contributed by atoms with Gasteiger partial charge in [-0.1, -0.05) is 15.9 Å².